The van der Waals surface area contributed by atoms with Crippen molar-refractivity contribution in [2.45, 2.75) is 31.8 Å². The van der Waals surface area contributed by atoms with Crippen LogP contribution in [0, 0.1) is 5.92 Å². The minimum atomic E-state index is 0.132. The van der Waals surface area contributed by atoms with Crippen LogP contribution in [0.4, 0.5) is 4.79 Å². The molecule has 2 heterocycles. The second-order valence-corrected chi connectivity index (χ2v) is 7.87. The molecule has 0 aliphatic carbocycles. The normalized spacial score (nSPS) is 24.7. The van der Waals surface area contributed by atoms with Gasteiger partial charge in [-0.25, -0.2) is 4.79 Å². The van der Waals surface area contributed by atoms with Crippen molar-refractivity contribution in [2.75, 3.05) is 46.8 Å². The van der Waals surface area contributed by atoms with E-state index in [1.54, 1.807) is 0 Å². The first-order valence-corrected chi connectivity index (χ1v) is 9.56. The zero-order chi connectivity index (χ0) is 17.6. The van der Waals surface area contributed by atoms with Crippen molar-refractivity contribution in [1.29, 1.82) is 0 Å². The van der Waals surface area contributed by atoms with E-state index in [0.29, 0.717) is 5.92 Å². The van der Waals surface area contributed by atoms with E-state index in [4.69, 9.17) is 0 Å². The van der Waals surface area contributed by atoms with Crippen molar-refractivity contribution >= 4 is 6.03 Å². The third kappa shape index (κ3) is 5.44. The molecule has 2 saturated heterocycles. The zero-order valence-corrected chi connectivity index (χ0v) is 15.7. The van der Waals surface area contributed by atoms with E-state index in [0.717, 1.165) is 58.5 Å². The summed E-state index contributed by atoms with van der Waals surface area (Å²) in [6, 6.07) is 11.0. The van der Waals surface area contributed by atoms with E-state index < -0.39 is 0 Å². The number of rotatable bonds is 5. The van der Waals surface area contributed by atoms with E-state index in [1.807, 2.05) is 4.90 Å². The minimum Gasteiger partial charge on any atom is -0.334 e. The Morgan fingerprint density at radius 3 is 2.72 bits per heavy atom. The van der Waals surface area contributed by atoms with Crippen LogP contribution in [0.3, 0.4) is 0 Å². The molecule has 5 nitrogen and oxygen atoms in total. The summed E-state index contributed by atoms with van der Waals surface area (Å²) in [5, 5.41) is 3.28. The van der Waals surface area contributed by atoms with Crippen molar-refractivity contribution in [3.63, 3.8) is 0 Å². The molecule has 138 valence electrons. The molecule has 0 radical (unpaired) electrons. The Bertz CT molecular complexity index is 548. The minimum absolute atomic E-state index is 0.132. The second kappa shape index (κ2) is 8.68. The fraction of sp³-hybridized carbons (Fsp3) is 0.650. The lowest BCUT2D eigenvalue weighted by Crippen LogP contribution is -2.51. The monoisotopic (exact) mass is 344 g/mol. The Kier molecular flexibility index (Phi) is 6.32. The quantitative estimate of drug-likeness (QED) is 0.890. The third-order valence-corrected chi connectivity index (χ3v) is 5.28. The van der Waals surface area contributed by atoms with Gasteiger partial charge < -0.3 is 15.1 Å². The molecule has 2 fully saturated rings. The Hall–Kier alpha value is -1.59. The summed E-state index contributed by atoms with van der Waals surface area (Å²) >= 11 is 0. The Balaban J connectivity index is 1.45. The van der Waals surface area contributed by atoms with Gasteiger partial charge in [-0.2, -0.15) is 0 Å². The molecule has 1 N–H and O–H groups in total. The topological polar surface area (TPSA) is 38.8 Å². The molecule has 2 amide bonds. The fourth-order valence-electron chi connectivity index (χ4n) is 4.11. The zero-order valence-electron chi connectivity index (χ0n) is 15.7. The van der Waals surface area contributed by atoms with Gasteiger partial charge in [0.05, 0.1) is 0 Å². The predicted molar refractivity (Wildman–Crippen MR) is 102 cm³/mol. The Labute approximate surface area is 152 Å². The molecule has 1 aromatic carbocycles. The molecule has 2 atom stereocenters. The van der Waals surface area contributed by atoms with Gasteiger partial charge >= 0.3 is 6.03 Å². The number of piperidine rings is 1. The summed E-state index contributed by atoms with van der Waals surface area (Å²) in [6.45, 7) is 5.90. The maximum atomic E-state index is 12.6. The standard InChI is InChI=1S/C20H32N4O/c1-22(2)13-18-10-12-24(15-18)20(25)21-19-9-6-11-23(16-19)14-17-7-4-3-5-8-17/h3-5,7-8,18-19H,6,9-16H2,1-2H3,(H,21,25)/t18-,19-/m0/s1. The number of amides is 2. The maximum absolute atomic E-state index is 12.6. The van der Waals surface area contributed by atoms with E-state index in [1.165, 1.54) is 5.56 Å². The van der Waals surface area contributed by atoms with Crippen LogP contribution >= 0.6 is 0 Å². The number of hydrogen-bond donors (Lipinski definition) is 1. The van der Waals surface area contributed by atoms with Crippen LogP contribution in [-0.2, 0) is 6.54 Å². The van der Waals surface area contributed by atoms with Gasteiger partial charge in [0, 0.05) is 38.8 Å². The number of carbonyl (C=O) groups excluding carboxylic acids is 1. The molecule has 5 heteroatoms. The molecule has 2 aliphatic rings. The van der Waals surface area contributed by atoms with Gasteiger partial charge in [-0.15, -0.1) is 0 Å². The second-order valence-electron chi connectivity index (χ2n) is 7.87. The molecular weight excluding hydrogens is 312 g/mol. The highest BCUT2D eigenvalue weighted by Gasteiger charge is 2.29. The first kappa shape index (κ1) is 18.2. The van der Waals surface area contributed by atoms with Gasteiger partial charge in [-0.3, -0.25) is 4.90 Å². The number of urea groups is 1. The average Bonchev–Trinajstić information content (AvgIpc) is 3.04. The molecule has 0 spiro atoms. The van der Waals surface area contributed by atoms with E-state index >= 15 is 0 Å². The summed E-state index contributed by atoms with van der Waals surface area (Å²) in [6.07, 6.45) is 3.36. The summed E-state index contributed by atoms with van der Waals surface area (Å²) in [5.74, 6) is 0.613. The SMILES string of the molecule is CN(C)C[C@@H]1CCN(C(=O)N[C@H]2CCCN(Cc3ccccc3)C2)C1. The van der Waals surface area contributed by atoms with Crippen LogP contribution < -0.4 is 5.32 Å². The molecule has 25 heavy (non-hydrogen) atoms. The van der Waals surface area contributed by atoms with Crippen molar-refractivity contribution in [3.8, 4) is 0 Å². The fourth-order valence-corrected chi connectivity index (χ4v) is 4.11. The molecule has 0 unspecified atom stereocenters. The van der Waals surface area contributed by atoms with Gasteiger partial charge in [0.2, 0.25) is 0 Å². The highest BCUT2D eigenvalue weighted by Crippen LogP contribution is 2.18. The molecule has 0 saturated carbocycles. The Morgan fingerprint density at radius 1 is 1.16 bits per heavy atom. The number of carbonyl (C=O) groups is 1. The van der Waals surface area contributed by atoms with Crippen LogP contribution in [0.25, 0.3) is 0 Å². The first-order valence-electron chi connectivity index (χ1n) is 9.56. The van der Waals surface area contributed by atoms with Gasteiger partial charge in [0.15, 0.2) is 0 Å². The number of benzene rings is 1. The lowest BCUT2D eigenvalue weighted by atomic mass is 10.0. The summed E-state index contributed by atoms with van der Waals surface area (Å²) in [5.41, 5.74) is 1.35. The predicted octanol–water partition coefficient (Wildman–Crippen LogP) is 2.24. The number of nitrogens with one attached hydrogen (secondary N) is 1. The number of likely N-dealkylation sites (tertiary alicyclic amines) is 2. The lowest BCUT2D eigenvalue weighted by molar-refractivity contribution is 0.167. The molecule has 2 aliphatic heterocycles. The van der Waals surface area contributed by atoms with E-state index in [-0.39, 0.29) is 12.1 Å². The molecule has 0 bridgehead atoms. The van der Waals surface area contributed by atoms with Gasteiger partial charge in [-0.05, 0) is 51.4 Å². The van der Waals surface area contributed by atoms with Crippen LogP contribution in [0.1, 0.15) is 24.8 Å². The van der Waals surface area contributed by atoms with Crippen molar-refractivity contribution in [1.82, 2.24) is 20.0 Å². The molecular formula is C20H32N4O. The van der Waals surface area contributed by atoms with Crippen LogP contribution in [0.2, 0.25) is 0 Å². The van der Waals surface area contributed by atoms with E-state index in [2.05, 4.69) is 59.5 Å². The van der Waals surface area contributed by atoms with Crippen LogP contribution in [0.5, 0.6) is 0 Å². The highest BCUT2D eigenvalue weighted by atomic mass is 16.2. The molecule has 0 aromatic heterocycles. The third-order valence-electron chi connectivity index (χ3n) is 5.28. The highest BCUT2D eigenvalue weighted by molar-refractivity contribution is 5.74. The summed E-state index contributed by atoms with van der Waals surface area (Å²) < 4.78 is 0. The number of nitrogens with zero attached hydrogens (tertiary/aromatic N) is 3. The van der Waals surface area contributed by atoms with Crippen LogP contribution in [0.15, 0.2) is 30.3 Å². The van der Waals surface area contributed by atoms with Crippen molar-refractivity contribution in [3.05, 3.63) is 35.9 Å². The van der Waals surface area contributed by atoms with Gasteiger partial charge in [0.1, 0.15) is 0 Å². The molecule has 3 rings (SSSR count). The number of hydrogen-bond acceptors (Lipinski definition) is 3. The van der Waals surface area contributed by atoms with Gasteiger partial charge in [-0.1, -0.05) is 30.3 Å². The Morgan fingerprint density at radius 2 is 1.96 bits per heavy atom. The molecule has 1 aromatic rings. The lowest BCUT2D eigenvalue weighted by Gasteiger charge is -2.34. The van der Waals surface area contributed by atoms with Gasteiger partial charge in [0.25, 0.3) is 0 Å². The smallest absolute Gasteiger partial charge is 0.317 e. The summed E-state index contributed by atoms with van der Waals surface area (Å²) in [7, 11) is 4.21. The van der Waals surface area contributed by atoms with Crippen molar-refractivity contribution in [2.24, 2.45) is 5.92 Å². The largest absolute Gasteiger partial charge is 0.334 e. The summed E-state index contributed by atoms with van der Waals surface area (Å²) in [4.78, 5) is 19.3. The average molecular weight is 345 g/mol. The first-order chi connectivity index (χ1) is 12.1. The van der Waals surface area contributed by atoms with Crippen molar-refractivity contribution < 1.29 is 4.79 Å². The van der Waals surface area contributed by atoms with E-state index in [9.17, 15) is 4.79 Å². The van der Waals surface area contributed by atoms with Crippen LogP contribution in [-0.4, -0.2) is 73.6 Å². The maximum Gasteiger partial charge on any atom is 0.317 e.